The van der Waals surface area contributed by atoms with Crippen LogP contribution in [0.25, 0.3) is 0 Å². The first kappa shape index (κ1) is 24.7. The summed E-state index contributed by atoms with van der Waals surface area (Å²) in [5.41, 5.74) is -3.31. The Morgan fingerprint density at radius 3 is 1.67 bits per heavy atom. The molecule has 1 aliphatic heterocycles. The summed E-state index contributed by atoms with van der Waals surface area (Å²) in [6, 6.07) is 26.8. The fourth-order valence-electron chi connectivity index (χ4n) is 6.04. The van der Waals surface area contributed by atoms with Gasteiger partial charge in [0, 0.05) is 37.5 Å². The molecule has 0 radical (unpaired) electrons. The third kappa shape index (κ3) is 3.08. The number of allylic oxidation sites excluding steroid dienone is 2. The van der Waals surface area contributed by atoms with E-state index in [0.717, 1.165) is 5.56 Å². The standard InChI is InChI=1S/C29H26N6O/c1-27(2)24(21-13-9-6-10-14-21)25-23(35(26(27)36)34(3)4)15-22(20-11-7-5-8-12-20)28(16-30,17-31)29(25,18-32)19-33/h5-15,22,24-25H,1-4H3/t22-,24-,25+/m1/s1. The summed E-state index contributed by atoms with van der Waals surface area (Å²) in [6.07, 6.45) is 1.75. The zero-order valence-electron chi connectivity index (χ0n) is 20.7. The summed E-state index contributed by atoms with van der Waals surface area (Å²) in [4.78, 5) is 14.0. The fraction of sp³-hybridized carbons (Fsp3) is 0.345. The molecule has 7 heteroatoms. The van der Waals surface area contributed by atoms with Crippen molar-refractivity contribution in [1.82, 2.24) is 10.0 Å². The maximum atomic E-state index is 14.0. The number of nitriles is 4. The van der Waals surface area contributed by atoms with Crippen LogP contribution in [0.3, 0.4) is 0 Å². The van der Waals surface area contributed by atoms with E-state index in [4.69, 9.17) is 0 Å². The Bertz CT molecular complexity index is 1350. The number of piperidine rings is 1. The number of carbonyl (C=O) groups excluding carboxylic acids is 1. The van der Waals surface area contributed by atoms with Crippen molar-refractivity contribution in [3.8, 4) is 24.3 Å². The van der Waals surface area contributed by atoms with E-state index < -0.39 is 34.0 Å². The van der Waals surface area contributed by atoms with E-state index in [2.05, 4.69) is 24.3 Å². The summed E-state index contributed by atoms with van der Waals surface area (Å²) in [7, 11) is 3.45. The van der Waals surface area contributed by atoms with Gasteiger partial charge in [0.15, 0.2) is 10.8 Å². The monoisotopic (exact) mass is 474 g/mol. The lowest BCUT2D eigenvalue weighted by atomic mass is 9.44. The topological polar surface area (TPSA) is 119 Å². The van der Waals surface area contributed by atoms with Gasteiger partial charge in [0.05, 0.1) is 29.7 Å². The second-order valence-corrected chi connectivity index (χ2v) is 10.1. The molecule has 178 valence electrons. The van der Waals surface area contributed by atoms with Crippen LogP contribution in [0.15, 0.2) is 72.4 Å². The summed E-state index contributed by atoms with van der Waals surface area (Å²) in [6.45, 7) is 3.59. The van der Waals surface area contributed by atoms with Crippen molar-refractivity contribution in [3.05, 3.63) is 83.6 Å². The molecule has 2 aromatic carbocycles. The van der Waals surface area contributed by atoms with Crippen molar-refractivity contribution in [3.63, 3.8) is 0 Å². The highest BCUT2D eigenvalue weighted by Gasteiger charge is 2.71. The van der Waals surface area contributed by atoms with E-state index >= 15 is 0 Å². The highest BCUT2D eigenvalue weighted by Crippen LogP contribution is 2.66. The molecule has 3 atom stereocenters. The minimum absolute atomic E-state index is 0.193. The van der Waals surface area contributed by atoms with Crippen LogP contribution < -0.4 is 0 Å². The van der Waals surface area contributed by atoms with E-state index in [9.17, 15) is 25.8 Å². The van der Waals surface area contributed by atoms with Crippen molar-refractivity contribution < 1.29 is 4.79 Å². The second-order valence-electron chi connectivity index (χ2n) is 10.1. The van der Waals surface area contributed by atoms with Gasteiger partial charge in [-0.3, -0.25) is 4.79 Å². The minimum atomic E-state index is -2.08. The van der Waals surface area contributed by atoms with Crippen LogP contribution in [0.2, 0.25) is 0 Å². The smallest absolute Gasteiger partial charge is 0.247 e. The van der Waals surface area contributed by atoms with Gasteiger partial charge >= 0.3 is 0 Å². The van der Waals surface area contributed by atoms with Gasteiger partial charge in [-0.1, -0.05) is 80.6 Å². The van der Waals surface area contributed by atoms with Crippen molar-refractivity contribution in [2.24, 2.45) is 22.2 Å². The highest BCUT2D eigenvalue weighted by molar-refractivity contribution is 5.86. The Morgan fingerprint density at radius 2 is 1.22 bits per heavy atom. The summed E-state index contributed by atoms with van der Waals surface area (Å²) < 4.78 is 0. The van der Waals surface area contributed by atoms with Crippen LogP contribution in [0.5, 0.6) is 0 Å². The van der Waals surface area contributed by atoms with Gasteiger partial charge in [-0.05, 0) is 11.1 Å². The third-order valence-corrected chi connectivity index (χ3v) is 7.73. The van der Waals surface area contributed by atoms with Gasteiger partial charge in [0.1, 0.15) is 0 Å². The molecule has 7 nitrogen and oxygen atoms in total. The summed E-state index contributed by atoms with van der Waals surface area (Å²) in [5, 5.41) is 45.8. The third-order valence-electron chi connectivity index (χ3n) is 7.73. The quantitative estimate of drug-likeness (QED) is 0.647. The highest BCUT2D eigenvalue weighted by atomic mass is 16.2. The number of nitrogens with zero attached hydrogens (tertiary/aromatic N) is 6. The zero-order chi connectivity index (χ0) is 26.3. The van der Waals surface area contributed by atoms with Crippen molar-refractivity contribution in [2.75, 3.05) is 14.1 Å². The van der Waals surface area contributed by atoms with E-state index in [1.807, 2.05) is 36.4 Å². The molecule has 1 heterocycles. The van der Waals surface area contributed by atoms with Crippen LogP contribution in [0.1, 0.15) is 36.8 Å². The number of hydrogen-bond acceptors (Lipinski definition) is 6. The lowest BCUT2D eigenvalue weighted by Gasteiger charge is -2.58. The van der Waals surface area contributed by atoms with Crippen LogP contribution in [0, 0.1) is 67.5 Å². The maximum Gasteiger partial charge on any atom is 0.247 e. The Kier molecular flexibility index (Phi) is 5.94. The molecule has 1 fully saturated rings. The second kappa shape index (κ2) is 8.66. The number of hydrazine groups is 1. The first-order chi connectivity index (χ1) is 17.2. The fourth-order valence-corrected chi connectivity index (χ4v) is 6.04. The Morgan fingerprint density at radius 1 is 0.750 bits per heavy atom. The van der Waals surface area contributed by atoms with Crippen LogP contribution >= 0.6 is 0 Å². The minimum Gasteiger partial charge on any atom is -0.272 e. The molecule has 36 heavy (non-hydrogen) atoms. The predicted molar refractivity (Wildman–Crippen MR) is 132 cm³/mol. The van der Waals surface area contributed by atoms with E-state index in [0.29, 0.717) is 11.3 Å². The lowest BCUT2D eigenvalue weighted by Crippen LogP contribution is -2.64. The molecule has 2 aliphatic rings. The molecule has 1 amide bonds. The SMILES string of the molecule is CN(C)N1C(=O)C(C)(C)[C@H](c2ccccc2)[C@@H]2C1=C[C@H](c1ccccc1)C(C#N)(C#N)C2(C#N)C#N. The van der Waals surface area contributed by atoms with Crippen LogP contribution in [-0.2, 0) is 4.79 Å². The summed E-state index contributed by atoms with van der Waals surface area (Å²) >= 11 is 0. The molecular weight excluding hydrogens is 448 g/mol. The molecule has 0 spiro atoms. The van der Waals surface area contributed by atoms with Crippen molar-refractivity contribution in [1.29, 1.82) is 21.0 Å². The molecule has 2 aromatic rings. The zero-order valence-corrected chi connectivity index (χ0v) is 20.7. The van der Waals surface area contributed by atoms with E-state index in [-0.39, 0.29) is 5.91 Å². The van der Waals surface area contributed by atoms with E-state index in [1.54, 1.807) is 63.3 Å². The summed E-state index contributed by atoms with van der Waals surface area (Å²) in [5.74, 6) is -2.66. The van der Waals surface area contributed by atoms with Crippen LogP contribution in [-0.4, -0.2) is 30.0 Å². The largest absolute Gasteiger partial charge is 0.272 e. The molecule has 1 aliphatic carbocycles. The first-order valence-electron chi connectivity index (χ1n) is 11.6. The molecule has 4 rings (SSSR count). The molecule has 0 saturated carbocycles. The molecular formula is C29H26N6O. The number of amides is 1. The molecule has 0 N–H and O–H groups in total. The van der Waals surface area contributed by atoms with Gasteiger partial charge < -0.3 is 0 Å². The predicted octanol–water partition coefficient (Wildman–Crippen LogP) is 4.48. The Hall–Kier alpha value is -4.43. The van der Waals surface area contributed by atoms with E-state index in [1.165, 1.54) is 5.01 Å². The maximum absolute atomic E-state index is 14.0. The van der Waals surface area contributed by atoms with Gasteiger partial charge in [-0.15, -0.1) is 0 Å². The average Bonchev–Trinajstić information content (AvgIpc) is 2.89. The number of benzene rings is 2. The Labute approximate surface area is 211 Å². The van der Waals surface area contributed by atoms with Gasteiger partial charge in [0.25, 0.3) is 0 Å². The van der Waals surface area contributed by atoms with Gasteiger partial charge in [-0.2, -0.15) is 21.0 Å². The molecule has 0 unspecified atom stereocenters. The van der Waals surface area contributed by atoms with Crippen molar-refractivity contribution in [2.45, 2.75) is 25.7 Å². The first-order valence-corrected chi connectivity index (χ1v) is 11.6. The molecule has 1 saturated heterocycles. The number of hydrogen-bond donors (Lipinski definition) is 0. The van der Waals surface area contributed by atoms with Crippen molar-refractivity contribution >= 4 is 5.91 Å². The molecule has 0 aromatic heterocycles. The van der Waals surface area contributed by atoms with Gasteiger partial charge in [0.2, 0.25) is 5.91 Å². The van der Waals surface area contributed by atoms with Crippen LogP contribution in [0.4, 0.5) is 0 Å². The Balaban J connectivity index is 2.19. The number of carbonyl (C=O) groups is 1. The number of rotatable bonds is 3. The van der Waals surface area contributed by atoms with Gasteiger partial charge in [-0.25, -0.2) is 10.0 Å². The average molecular weight is 475 g/mol. The normalized spacial score (nSPS) is 25.4. The lowest BCUT2D eigenvalue weighted by molar-refractivity contribution is -0.162. The molecule has 0 bridgehead atoms. The number of fused-ring (bicyclic) bond motifs is 1.